The van der Waals surface area contributed by atoms with Gasteiger partial charge in [-0.3, -0.25) is 9.59 Å². The zero-order chi connectivity index (χ0) is 14.3. The lowest BCUT2D eigenvalue weighted by Crippen LogP contribution is -2.47. The highest BCUT2D eigenvalue weighted by Gasteiger charge is 2.53. The second kappa shape index (κ2) is 4.70. The normalized spacial score (nSPS) is 28.6. The standard InChI is InChI=1S/C16H19NO3/c1-3-4-12-8-11(18)9-16(20-12)13-7-10(2)5-6-14(13)17-15(16)19/h5-7,12H,3-4,8-9H2,1-2H3,(H,17,19)/t12-,16-/m0/s1. The van der Waals surface area contributed by atoms with Crippen molar-refractivity contribution >= 4 is 17.4 Å². The summed E-state index contributed by atoms with van der Waals surface area (Å²) < 4.78 is 6.11. The minimum Gasteiger partial charge on any atom is -0.356 e. The number of fused-ring (bicyclic) bond motifs is 2. The zero-order valence-electron chi connectivity index (χ0n) is 11.9. The zero-order valence-corrected chi connectivity index (χ0v) is 11.9. The molecule has 1 N–H and O–H groups in total. The Balaban J connectivity index is 2.05. The molecule has 20 heavy (non-hydrogen) atoms. The molecule has 0 radical (unpaired) electrons. The summed E-state index contributed by atoms with van der Waals surface area (Å²) in [6.45, 7) is 4.03. The highest BCUT2D eigenvalue weighted by atomic mass is 16.5. The Hall–Kier alpha value is -1.68. The van der Waals surface area contributed by atoms with Crippen LogP contribution in [0.5, 0.6) is 0 Å². The molecule has 2 aliphatic rings. The van der Waals surface area contributed by atoms with Crippen molar-refractivity contribution in [2.75, 3.05) is 5.32 Å². The van der Waals surface area contributed by atoms with Crippen molar-refractivity contribution in [2.24, 2.45) is 0 Å². The first-order valence-electron chi connectivity index (χ1n) is 7.17. The molecule has 1 saturated heterocycles. The van der Waals surface area contributed by atoms with Crippen molar-refractivity contribution < 1.29 is 14.3 Å². The third kappa shape index (κ3) is 1.95. The maximum Gasteiger partial charge on any atom is 0.261 e. The first-order valence-corrected chi connectivity index (χ1v) is 7.17. The number of hydrogen-bond acceptors (Lipinski definition) is 3. The van der Waals surface area contributed by atoms with Crippen molar-refractivity contribution in [1.82, 2.24) is 0 Å². The SMILES string of the molecule is CCC[C@H]1CC(=O)C[C@@]2(O1)C(=O)Nc1ccc(C)cc12. The van der Waals surface area contributed by atoms with Crippen molar-refractivity contribution in [3.63, 3.8) is 0 Å². The molecule has 0 saturated carbocycles. The highest BCUT2D eigenvalue weighted by molar-refractivity contribution is 6.07. The molecule has 1 aromatic carbocycles. The van der Waals surface area contributed by atoms with Gasteiger partial charge in [0.05, 0.1) is 6.10 Å². The average Bonchev–Trinajstić information content (AvgIpc) is 2.63. The van der Waals surface area contributed by atoms with Crippen LogP contribution in [0.1, 0.15) is 43.7 Å². The number of anilines is 1. The number of carbonyl (C=O) groups is 2. The average molecular weight is 273 g/mol. The van der Waals surface area contributed by atoms with E-state index in [4.69, 9.17) is 4.74 Å². The Kier molecular flexibility index (Phi) is 3.13. The molecule has 3 rings (SSSR count). The number of aryl methyl sites for hydroxylation is 1. The Labute approximate surface area is 118 Å². The van der Waals surface area contributed by atoms with Gasteiger partial charge in [-0.05, 0) is 19.4 Å². The van der Waals surface area contributed by atoms with E-state index in [9.17, 15) is 9.59 Å². The van der Waals surface area contributed by atoms with Gasteiger partial charge in [0.15, 0.2) is 5.60 Å². The molecule has 4 heteroatoms. The number of ketones is 1. The molecule has 1 spiro atoms. The number of benzene rings is 1. The molecule has 1 amide bonds. The third-order valence-electron chi connectivity index (χ3n) is 4.11. The van der Waals surface area contributed by atoms with Crippen LogP contribution in [0.4, 0.5) is 5.69 Å². The van der Waals surface area contributed by atoms with Gasteiger partial charge in [-0.2, -0.15) is 0 Å². The van der Waals surface area contributed by atoms with E-state index < -0.39 is 5.60 Å². The van der Waals surface area contributed by atoms with E-state index in [1.54, 1.807) is 0 Å². The Morgan fingerprint density at radius 3 is 2.95 bits per heavy atom. The summed E-state index contributed by atoms with van der Waals surface area (Å²) in [6.07, 6.45) is 2.16. The summed E-state index contributed by atoms with van der Waals surface area (Å²) in [4.78, 5) is 24.5. The van der Waals surface area contributed by atoms with Crippen LogP contribution in [-0.4, -0.2) is 17.8 Å². The van der Waals surface area contributed by atoms with E-state index >= 15 is 0 Å². The number of rotatable bonds is 2. The quantitative estimate of drug-likeness (QED) is 0.901. The predicted molar refractivity (Wildman–Crippen MR) is 75.5 cm³/mol. The largest absolute Gasteiger partial charge is 0.356 e. The van der Waals surface area contributed by atoms with Gasteiger partial charge in [-0.1, -0.05) is 31.0 Å². The van der Waals surface area contributed by atoms with Gasteiger partial charge in [-0.25, -0.2) is 0 Å². The van der Waals surface area contributed by atoms with Crippen molar-refractivity contribution in [3.8, 4) is 0 Å². The second-order valence-corrected chi connectivity index (χ2v) is 5.78. The fourth-order valence-corrected chi connectivity index (χ4v) is 3.19. The fourth-order valence-electron chi connectivity index (χ4n) is 3.19. The number of amides is 1. The number of carbonyl (C=O) groups excluding carboxylic acids is 2. The maximum absolute atomic E-state index is 12.4. The summed E-state index contributed by atoms with van der Waals surface area (Å²) >= 11 is 0. The van der Waals surface area contributed by atoms with Gasteiger partial charge < -0.3 is 10.1 Å². The first kappa shape index (κ1) is 13.3. The number of hydrogen-bond donors (Lipinski definition) is 1. The lowest BCUT2D eigenvalue weighted by Gasteiger charge is -2.36. The molecule has 106 valence electrons. The Morgan fingerprint density at radius 1 is 1.40 bits per heavy atom. The fraction of sp³-hybridized carbons (Fsp3) is 0.500. The summed E-state index contributed by atoms with van der Waals surface area (Å²) in [7, 11) is 0. The van der Waals surface area contributed by atoms with Crippen LogP contribution < -0.4 is 5.32 Å². The molecule has 0 bridgehead atoms. The maximum atomic E-state index is 12.4. The van der Waals surface area contributed by atoms with E-state index in [0.717, 1.165) is 29.7 Å². The Morgan fingerprint density at radius 2 is 2.20 bits per heavy atom. The van der Waals surface area contributed by atoms with Gasteiger partial charge in [-0.15, -0.1) is 0 Å². The van der Waals surface area contributed by atoms with Crippen LogP contribution in [0.2, 0.25) is 0 Å². The van der Waals surface area contributed by atoms with Gasteiger partial charge in [0, 0.05) is 24.1 Å². The molecule has 2 aliphatic heterocycles. The molecule has 0 aliphatic carbocycles. The highest BCUT2D eigenvalue weighted by Crippen LogP contribution is 2.45. The van der Waals surface area contributed by atoms with Crippen LogP contribution in [0.3, 0.4) is 0 Å². The van der Waals surface area contributed by atoms with Gasteiger partial charge >= 0.3 is 0 Å². The van der Waals surface area contributed by atoms with Crippen LogP contribution in [-0.2, 0) is 19.9 Å². The number of nitrogens with one attached hydrogen (secondary N) is 1. The molecule has 2 heterocycles. The monoisotopic (exact) mass is 273 g/mol. The summed E-state index contributed by atoms with van der Waals surface area (Å²) in [6, 6.07) is 5.79. The van der Waals surface area contributed by atoms with Crippen LogP contribution in [0.15, 0.2) is 18.2 Å². The third-order valence-corrected chi connectivity index (χ3v) is 4.11. The van der Waals surface area contributed by atoms with Gasteiger partial charge in [0.2, 0.25) is 0 Å². The lowest BCUT2D eigenvalue weighted by molar-refractivity contribution is -0.170. The molecular formula is C16H19NO3. The van der Waals surface area contributed by atoms with E-state index in [0.29, 0.717) is 6.42 Å². The molecule has 1 fully saturated rings. The Bertz CT molecular complexity index is 581. The van der Waals surface area contributed by atoms with Crippen molar-refractivity contribution in [1.29, 1.82) is 0 Å². The molecular weight excluding hydrogens is 254 g/mol. The molecule has 4 nitrogen and oxygen atoms in total. The summed E-state index contributed by atoms with van der Waals surface area (Å²) in [5.41, 5.74) is 1.55. The topological polar surface area (TPSA) is 55.4 Å². The van der Waals surface area contributed by atoms with E-state index in [2.05, 4.69) is 12.2 Å². The second-order valence-electron chi connectivity index (χ2n) is 5.78. The summed E-state index contributed by atoms with van der Waals surface area (Å²) in [5, 5.41) is 2.85. The smallest absolute Gasteiger partial charge is 0.261 e. The van der Waals surface area contributed by atoms with Gasteiger partial charge in [0.25, 0.3) is 5.91 Å². The van der Waals surface area contributed by atoms with E-state index in [1.807, 2.05) is 25.1 Å². The predicted octanol–water partition coefficient (Wildman–Crippen LogP) is 2.69. The van der Waals surface area contributed by atoms with Crippen LogP contribution in [0.25, 0.3) is 0 Å². The van der Waals surface area contributed by atoms with E-state index in [-0.39, 0.29) is 24.2 Å². The van der Waals surface area contributed by atoms with Crippen molar-refractivity contribution in [2.45, 2.75) is 51.2 Å². The minimum absolute atomic E-state index is 0.110. The lowest BCUT2D eigenvalue weighted by atomic mass is 9.84. The molecule has 0 aromatic heterocycles. The van der Waals surface area contributed by atoms with Gasteiger partial charge in [0.1, 0.15) is 5.78 Å². The first-order chi connectivity index (χ1) is 9.55. The number of ether oxygens (including phenoxy) is 1. The van der Waals surface area contributed by atoms with E-state index in [1.165, 1.54) is 0 Å². The molecule has 2 atom stereocenters. The van der Waals surface area contributed by atoms with Crippen LogP contribution in [0, 0.1) is 6.92 Å². The summed E-state index contributed by atoms with van der Waals surface area (Å²) in [5.74, 6) is -0.0912. The number of Topliss-reactive ketones (excluding diaryl/α,β-unsaturated/α-hetero) is 1. The molecule has 0 unspecified atom stereocenters. The minimum atomic E-state index is -1.10. The van der Waals surface area contributed by atoms with Crippen LogP contribution >= 0.6 is 0 Å². The van der Waals surface area contributed by atoms with Crippen molar-refractivity contribution in [3.05, 3.63) is 29.3 Å². The molecule has 1 aromatic rings.